The Morgan fingerprint density at radius 2 is 2.00 bits per heavy atom. The summed E-state index contributed by atoms with van der Waals surface area (Å²) >= 11 is 6.73. The van der Waals surface area contributed by atoms with Crippen LogP contribution in [0.5, 0.6) is 0 Å². The van der Waals surface area contributed by atoms with Crippen LogP contribution in [-0.2, 0) is 22.4 Å². The minimum Gasteiger partial charge on any atom is -0.462 e. The van der Waals surface area contributed by atoms with Crippen LogP contribution in [0.2, 0.25) is 0 Å². The lowest BCUT2D eigenvalue weighted by molar-refractivity contribution is -0.126. The van der Waals surface area contributed by atoms with Gasteiger partial charge in [0.1, 0.15) is 5.00 Å². The van der Waals surface area contributed by atoms with Crippen LogP contribution in [-0.4, -0.2) is 23.6 Å². The highest BCUT2D eigenvalue weighted by Crippen LogP contribution is 2.39. The Morgan fingerprint density at radius 1 is 1.30 bits per heavy atom. The van der Waals surface area contributed by atoms with Crippen molar-refractivity contribution in [2.75, 3.05) is 11.9 Å². The van der Waals surface area contributed by atoms with E-state index in [-0.39, 0.29) is 17.0 Å². The van der Waals surface area contributed by atoms with Gasteiger partial charge in [0.15, 0.2) is 5.11 Å². The predicted octanol–water partition coefficient (Wildman–Crippen LogP) is 3.27. The van der Waals surface area contributed by atoms with Crippen molar-refractivity contribution in [3.8, 4) is 0 Å². The smallest absolute Gasteiger partial charge is 0.341 e. The Balaban J connectivity index is 2.18. The van der Waals surface area contributed by atoms with Crippen molar-refractivity contribution in [1.29, 1.82) is 0 Å². The number of carbonyl (C=O) groups excluding carboxylic acids is 2. The Bertz CT molecular complexity index is 644. The third-order valence-electron chi connectivity index (χ3n) is 3.54. The van der Waals surface area contributed by atoms with E-state index in [1.807, 2.05) is 20.8 Å². The molecule has 1 aromatic rings. The minimum absolute atomic E-state index is 0.170. The topological polar surface area (TPSA) is 67.4 Å². The summed E-state index contributed by atoms with van der Waals surface area (Å²) in [4.78, 5) is 25.5. The quantitative estimate of drug-likeness (QED) is 0.644. The monoisotopic (exact) mass is 354 g/mol. The molecule has 2 rings (SSSR count). The molecule has 0 atom stereocenters. The molecule has 0 radical (unpaired) electrons. The average Bonchev–Trinajstić information content (AvgIpc) is 2.97. The lowest BCUT2D eigenvalue weighted by Crippen LogP contribution is -2.41. The number of hydrogen-bond acceptors (Lipinski definition) is 5. The molecule has 1 amide bonds. The standard InChI is InChI=1S/C16H22N2O3S2/c1-5-21-13(19)11-9-7-6-8-10(9)23-12(11)17-15(22)18-14(20)16(2,3)4/h5-8H2,1-4H3,(H2,17,18,20,22). The summed E-state index contributed by atoms with van der Waals surface area (Å²) in [7, 11) is 0. The molecular weight excluding hydrogens is 332 g/mol. The van der Waals surface area contributed by atoms with Crippen molar-refractivity contribution >= 4 is 45.5 Å². The molecule has 126 valence electrons. The van der Waals surface area contributed by atoms with E-state index >= 15 is 0 Å². The number of anilines is 1. The summed E-state index contributed by atoms with van der Waals surface area (Å²) in [6, 6.07) is 0. The molecule has 0 bridgehead atoms. The first kappa shape index (κ1) is 17.9. The largest absolute Gasteiger partial charge is 0.462 e. The second-order valence-corrected chi connectivity index (χ2v) is 7.95. The number of thiophene rings is 1. The molecule has 0 spiro atoms. The normalized spacial score (nSPS) is 13.4. The van der Waals surface area contributed by atoms with Gasteiger partial charge in [-0.1, -0.05) is 20.8 Å². The zero-order valence-electron chi connectivity index (χ0n) is 13.9. The second kappa shape index (κ2) is 6.97. The van der Waals surface area contributed by atoms with Gasteiger partial charge >= 0.3 is 5.97 Å². The van der Waals surface area contributed by atoms with E-state index in [0.29, 0.717) is 17.2 Å². The summed E-state index contributed by atoms with van der Waals surface area (Å²) < 4.78 is 5.17. The van der Waals surface area contributed by atoms with Crippen molar-refractivity contribution in [2.24, 2.45) is 5.41 Å². The first-order chi connectivity index (χ1) is 10.7. The van der Waals surface area contributed by atoms with Crippen LogP contribution >= 0.6 is 23.6 Å². The molecule has 1 aromatic heterocycles. The van der Waals surface area contributed by atoms with Gasteiger partial charge in [-0.2, -0.15) is 0 Å². The zero-order chi connectivity index (χ0) is 17.2. The van der Waals surface area contributed by atoms with Gasteiger partial charge in [-0.15, -0.1) is 11.3 Å². The van der Waals surface area contributed by atoms with E-state index in [1.165, 1.54) is 16.2 Å². The fraction of sp³-hybridized carbons (Fsp3) is 0.562. The summed E-state index contributed by atoms with van der Waals surface area (Å²) in [5.74, 6) is -0.504. The Kier molecular flexibility index (Phi) is 5.41. The molecule has 7 heteroatoms. The van der Waals surface area contributed by atoms with E-state index in [1.54, 1.807) is 6.92 Å². The van der Waals surface area contributed by atoms with Gasteiger partial charge in [0.2, 0.25) is 5.91 Å². The number of thiocarbonyl (C=S) groups is 1. The van der Waals surface area contributed by atoms with E-state index < -0.39 is 5.41 Å². The van der Waals surface area contributed by atoms with Crippen molar-refractivity contribution in [3.63, 3.8) is 0 Å². The lowest BCUT2D eigenvalue weighted by Gasteiger charge is -2.18. The van der Waals surface area contributed by atoms with Gasteiger partial charge < -0.3 is 15.4 Å². The fourth-order valence-corrected chi connectivity index (χ4v) is 3.88. The molecule has 2 N–H and O–H groups in total. The molecule has 1 aliphatic carbocycles. The van der Waals surface area contributed by atoms with Crippen LogP contribution in [0, 0.1) is 5.41 Å². The predicted molar refractivity (Wildman–Crippen MR) is 96.1 cm³/mol. The number of esters is 1. The van der Waals surface area contributed by atoms with Gasteiger partial charge in [-0.3, -0.25) is 4.79 Å². The van der Waals surface area contributed by atoms with E-state index in [4.69, 9.17) is 17.0 Å². The number of amides is 1. The molecule has 0 fully saturated rings. The molecule has 23 heavy (non-hydrogen) atoms. The second-order valence-electron chi connectivity index (χ2n) is 6.44. The molecule has 0 aromatic carbocycles. The highest BCUT2D eigenvalue weighted by Gasteiger charge is 2.28. The number of carbonyl (C=O) groups is 2. The maximum absolute atomic E-state index is 12.3. The number of fused-ring (bicyclic) bond motifs is 1. The van der Waals surface area contributed by atoms with Crippen molar-refractivity contribution in [2.45, 2.75) is 47.0 Å². The van der Waals surface area contributed by atoms with Crippen molar-refractivity contribution in [3.05, 3.63) is 16.0 Å². The SMILES string of the molecule is CCOC(=O)c1c(NC(=S)NC(=O)C(C)(C)C)sc2c1CCC2. The third kappa shape index (κ3) is 4.09. The van der Waals surface area contributed by atoms with Crippen LogP contribution in [0.3, 0.4) is 0 Å². The van der Waals surface area contributed by atoms with E-state index in [2.05, 4.69) is 10.6 Å². The fourth-order valence-electron chi connectivity index (χ4n) is 2.34. The molecule has 0 unspecified atom stereocenters. The Labute approximate surface area is 145 Å². The van der Waals surface area contributed by atoms with Crippen LogP contribution in [0.15, 0.2) is 0 Å². The van der Waals surface area contributed by atoms with Gasteiger partial charge in [-0.25, -0.2) is 4.79 Å². The van der Waals surface area contributed by atoms with Gasteiger partial charge in [0, 0.05) is 10.3 Å². The van der Waals surface area contributed by atoms with Gasteiger partial charge in [-0.05, 0) is 44.0 Å². The van der Waals surface area contributed by atoms with E-state index in [0.717, 1.165) is 24.8 Å². The van der Waals surface area contributed by atoms with Crippen molar-refractivity contribution in [1.82, 2.24) is 5.32 Å². The zero-order valence-corrected chi connectivity index (χ0v) is 15.5. The highest BCUT2D eigenvalue weighted by atomic mass is 32.1. The number of rotatable bonds is 3. The summed E-state index contributed by atoms with van der Waals surface area (Å²) in [5.41, 5.74) is 1.09. The molecule has 5 nitrogen and oxygen atoms in total. The lowest BCUT2D eigenvalue weighted by atomic mass is 9.96. The molecule has 0 saturated carbocycles. The first-order valence-corrected chi connectivity index (χ1v) is 8.90. The molecule has 0 saturated heterocycles. The Hall–Kier alpha value is -1.47. The van der Waals surface area contributed by atoms with Gasteiger partial charge in [0.05, 0.1) is 12.2 Å². The first-order valence-electron chi connectivity index (χ1n) is 7.68. The highest BCUT2D eigenvalue weighted by molar-refractivity contribution is 7.80. The minimum atomic E-state index is -0.535. The number of hydrogen-bond donors (Lipinski definition) is 2. The summed E-state index contributed by atoms with van der Waals surface area (Å²) in [6.45, 7) is 7.55. The van der Waals surface area contributed by atoms with Crippen LogP contribution < -0.4 is 10.6 Å². The summed E-state index contributed by atoms with van der Waals surface area (Å²) in [5, 5.41) is 6.53. The maximum Gasteiger partial charge on any atom is 0.341 e. The van der Waals surface area contributed by atoms with Crippen LogP contribution in [0.1, 0.15) is 54.9 Å². The molecule has 0 aliphatic heterocycles. The average molecular weight is 354 g/mol. The van der Waals surface area contributed by atoms with Gasteiger partial charge in [0.25, 0.3) is 0 Å². The Morgan fingerprint density at radius 3 is 2.61 bits per heavy atom. The van der Waals surface area contributed by atoms with Crippen LogP contribution in [0.4, 0.5) is 5.00 Å². The maximum atomic E-state index is 12.3. The van der Waals surface area contributed by atoms with Crippen LogP contribution in [0.25, 0.3) is 0 Å². The number of aryl methyl sites for hydroxylation is 1. The summed E-state index contributed by atoms with van der Waals surface area (Å²) in [6.07, 6.45) is 2.90. The molecule has 1 aliphatic rings. The third-order valence-corrected chi connectivity index (χ3v) is 4.95. The van der Waals surface area contributed by atoms with Crippen molar-refractivity contribution < 1.29 is 14.3 Å². The number of nitrogens with one attached hydrogen (secondary N) is 2. The number of ether oxygens (including phenoxy) is 1. The van der Waals surface area contributed by atoms with E-state index in [9.17, 15) is 9.59 Å². The molecular formula is C16H22N2O3S2. The molecule has 1 heterocycles.